The molecule has 0 spiro atoms. The number of β-amino-alcohol motifs (C(OH)–C–C–N with tert-alkyl or cyclic N) is 1. The van der Waals surface area contributed by atoms with Gasteiger partial charge in [-0.2, -0.15) is 0 Å². The zero-order chi connectivity index (χ0) is 13.9. The second-order valence-electron chi connectivity index (χ2n) is 5.07. The van der Waals surface area contributed by atoms with E-state index in [1.165, 1.54) is 12.1 Å². The van der Waals surface area contributed by atoms with E-state index in [1.807, 2.05) is 11.8 Å². The topological polar surface area (TPSA) is 52.6 Å². The smallest absolute Gasteiger partial charge is 0.225 e. The fraction of sp³-hybridized carbons (Fsp3) is 0.500. The van der Waals surface area contributed by atoms with Crippen molar-refractivity contribution in [2.24, 2.45) is 0 Å². The molecule has 1 amide bonds. The van der Waals surface area contributed by atoms with Crippen LogP contribution < -0.4 is 5.32 Å². The first-order valence-electron chi connectivity index (χ1n) is 6.51. The number of nitrogens with zero attached hydrogens (tertiary/aromatic N) is 1. The number of hydrogen-bond acceptors (Lipinski definition) is 3. The summed E-state index contributed by atoms with van der Waals surface area (Å²) in [6.45, 7) is 3.75. The van der Waals surface area contributed by atoms with Crippen LogP contribution in [0.5, 0.6) is 0 Å². The molecular formula is C14H19FN2O2. The highest BCUT2D eigenvalue weighted by molar-refractivity contribution is 5.90. The van der Waals surface area contributed by atoms with Crippen molar-refractivity contribution in [1.29, 1.82) is 0 Å². The second-order valence-corrected chi connectivity index (χ2v) is 5.07. The van der Waals surface area contributed by atoms with E-state index < -0.39 is 11.4 Å². The van der Waals surface area contributed by atoms with Gasteiger partial charge in [-0.05, 0) is 18.6 Å². The van der Waals surface area contributed by atoms with Crippen LogP contribution in [-0.4, -0.2) is 41.1 Å². The minimum absolute atomic E-state index is 0.209. The molecule has 4 nitrogen and oxygen atoms in total. The number of halogens is 1. The molecule has 0 aromatic heterocycles. The Hall–Kier alpha value is -1.46. The number of anilines is 1. The van der Waals surface area contributed by atoms with Crippen LogP contribution in [0.2, 0.25) is 0 Å². The zero-order valence-corrected chi connectivity index (χ0v) is 11.0. The molecule has 1 aliphatic rings. The molecule has 0 saturated carbocycles. The molecule has 0 bridgehead atoms. The number of carbonyl (C=O) groups excluding carboxylic acids is 1. The van der Waals surface area contributed by atoms with Crippen molar-refractivity contribution in [2.45, 2.75) is 25.4 Å². The number of amides is 1. The summed E-state index contributed by atoms with van der Waals surface area (Å²) in [6, 6.07) is 6.10. The monoisotopic (exact) mass is 266 g/mol. The van der Waals surface area contributed by atoms with Gasteiger partial charge in [-0.3, -0.25) is 9.69 Å². The maximum atomic E-state index is 13.3. The Morgan fingerprint density at radius 3 is 2.79 bits per heavy atom. The average Bonchev–Trinajstić information content (AvgIpc) is 2.36. The Morgan fingerprint density at radius 1 is 1.47 bits per heavy atom. The molecule has 2 rings (SSSR count). The SMILES string of the molecule is CCC1(O)CN(CCC(=O)Nc2ccccc2F)C1. The molecule has 1 aliphatic heterocycles. The number of rotatable bonds is 5. The van der Waals surface area contributed by atoms with Crippen molar-refractivity contribution >= 4 is 11.6 Å². The molecule has 0 aliphatic carbocycles. The van der Waals surface area contributed by atoms with Crippen LogP contribution in [0.25, 0.3) is 0 Å². The first kappa shape index (κ1) is 14.0. The van der Waals surface area contributed by atoms with Crippen molar-refractivity contribution in [3.8, 4) is 0 Å². The Kier molecular flexibility index (Phi) is 4.17. The molecule has 1 aromatic carbocycles. The largest absolute Gasteiger partial charge is 0.387 e. The molecule has 0 radical (unpaired) electrons. The molecule has 19 heavy (non-hydrogen) atoms. The summed E-state index contributed by atoms with van der Waals surface area (Å²) < 4.78 is 13.3. The van der Waals surface area contributed by atoms with Crippen LogP contribution in [0, 0.1) is 5.82 Å². The van der Waals surface area contributed by atoms with Crippen molar-refractivity contribution in [3.63, 3.8) is 0 Å². The highest BCUT2D eigenvalue weighted by Gasteiger charge is 2.38. The van der Waals surface area contributed by atoms with E-state index >= 15 is 0 Å². The fourth-order valence-electron chi connectivity index (χ4n) is 2.20. The van der Waals surface area contributed by atoms with E-state index in [0.717, 1.165) is 6.42 Å². The summed E-state index contributed by atoms with van der Waals surface area (Å²) in [6.07, 6.45) is 1.03. The normalized spacial score (nSPS) is 17.8. The third kappa shape index (κ3) is 3.52. The van der Waals surface area contributed by atoms with Gasteiger partial charge in [-0.1, -0.05) is 19.1 Å². The lowest BCUT2D eigenvalue weighted by atomic mass is 9.91. The molecule has 0 atom stereocenters. The number of para-hydroxylation sites is 1. The van der Waals surface area contributed by atoms with Crippen LogP contribution >= 0.6 is 0 Å². The van der Waals surface area contributed by atoms with Gasteiger partial charge in [0.1, 0.15) is 5.82 Å². The lowest BCUT2D eigenvalue weighted by Gasteiger charge is -2.46. The maximum Gasteiger partial charge on any atom is 0.225 e. The van der Waals surface area contributed by atoms with E-state index in [4.69, 9.17) is 0 Å². The van der Waals surface area contributed by atoms with Crippen molar-refractivity contribution in [3.05, 3.63) is 30.1 Å². The first-order valence-corrected chi connectivity index (χ1v) is 6.51. The Bertz CT molecular complexity index is 459. The van der Waals surface area contributed by atoms with Gasteiger partial charge in [-0.15, -0.1) is 0 Å². The lowest BCUT2D eigenvalue weighted by Crippen LogP contribution is -2.61. The standard InChI is InChI=1S/C14H19FN2O2/c1-2-14(19)9-17(10-14)8-7-13(18)16-12-6-4-3-5-11(12)15/h3-6,19H,2,7-10H2,1H3,(H,16,18). The summed E-state index contributed by atoms with van der Waals surface area (Å²) >= 11 is 0. The lowest BCUT2D eigenvalue weighted by molar-refractivity contribution is -0.121. The summed E-state index contributed by atoms with van der Waals surface area (Å²) in [5, 5.41) is 12.4. The minimum atomic E-state index is -0.581. The molecule has 5 heteroatoms. The summed E-state index contributed by atoms with van der Waals surface area (Å²) in [4.78, 5) is 13.7. The second kappa shape index (κ2) is 5.67. The average molecular weight is 266 g/mol. The number of aliphatic hydroxyl groups is 1. The van der Waals surface area contributed by atoms with Gasteiger partial charge in [0, 0.05) is 26.1 Å². The van der Waals surface area contributed by atoms with E-state index in [2.05, 4.69) is 5.32 Å². The number of hydrogen-bond donors (Lipinski definition) is 2. The van der Waals surface area contributed by atoms with Gasteiger partial charge in [0.2, 0.25) is 5.91 Å². The Labute approximate surface area is 112 Å². The fourth-order valence-corrected chi connectivity index (χ4v) is 2.20. The van der Waals surface area contributed by atoms with Crippen LogP contribution in [0.3, 0.4) is 0 Å². The van der Waals surface area contributed by atoms with E-state index in [0.29, 0.717) is 26.1 Å². The predicted octanol–water partition coefficient (Wildman–Crippen LogP) is 1.61. The van der Waals surface area contributed by atoms with E-state index in [-0.39, 0.29) is 11.6 Å². The molecule has 2 N–H and O–H groups in total. The van der Waals surface area contributed by atoms with Crippen molar-refractivity contribution < 1.29 is 14.3 Å². The van der Waals surface area contributed by atoms with Gasteiger partial charge >= 0.3 is 0 Å². The maximum absolute atomic E-state index is 13.3. The zero-order valence-electron chi connectivity index (χ0n) is 11.0. The Morgan fingerprint density at radius 2 is 2.16 bits per heavy atom. The van der Waals surface area contributed by atoms with Gasteiger partial charge < -0.3 is 10.4 Å². The van der Waals surface area contributed by atoms with Gasteiger partial charge in [0.05, 0.1) is 11.3 Å². The molecular weight excluding hydrogens is 247 g/mol. The van der Waals surface area contributed by atoms with Gasteiger partial charge in [-0.25, -0.2) is 4.39 Å². The molecule has 1 aromatic rings. The quantitative estimate of drug-likeness (QED) is 0.851. The van der Waals surface area contributed by atoms with Gasteiger partial charge in [0.15, 0.2) is 0 Å². The highest BCUT2D eigenvalue weighted by Crippen LogP contribution is 2.23. The molecule has 0 unspecified atom stereocenters. The molecule has 1 heterocycles. The van der Waals surface area contributed by atoms with Crippen LogP contribution in [0.1, 0.15) is 19.8 Å². The minimum Gasteiger partial charge on any atom is -0.387 e. The summed E-state index contributed by atoms with van der Waals surface area (Å²) in [7, 11) is 0. The highest BCUT2D eigenvalue weighted by atomic mass is 19.1. The Balaban J connectivity index is 1.73. The third-order valence-electron chi connectivity index (χ3n) is 3.50. The van der Waals surface area contributed by atoms with E-state index in [9.17, 15) is 14.3 Å². The molecule has 104 valence electrons. The van der Waals surface area contributed by atoms with Crippen LogP contribution in [0.4, 0.5) is 10.1 Å². The van der Waals surface area contributed by atoms with Crippen LogP contribution in [-0.2, 0) is 4.79 Å². The number of carbonyl (C=O) groups is 1. The number of nitrogens with one attached hydrogen (secondary N) is 1. The van der Waals surface area contributed by atoms with Crippen molar-refractivity contribution in [2.75, 3.05) is 25.0 Å². The van der Waals surface area contributed by atoms with Gasteiger partial charge in [0.25, 0.3) is 0 Å². The summed E-state index contributed by atoms with van der Waals surface area (Å²) in [5.41, 5.74) is -0.372. The predicted molar refractivity (Wildman–Crippen MR) is 71.3 cm³/mol. The van der Waals surface area contributed by atoms with E-state index in [1.54, 1.807) is 12.1 Å². The summed E-state index contributed by atoms with van der Waals surface area (Å²) in [5.74, 6) is -0.641. The first-order chi connectivity index (χ1) is 9.02. The molecule has 1 saturated heterocycles. The molecule has 1 fully saturated rings. The van der Waals surface area contributed by atoms with Crippen molar-refractivity contribution in [1.82, 2.24) is 4.90 Å². The third-order valence-corrected chi connectivity index (χ3v) is 3.50. The number of likely N-dealkylation sites (tertiary alicyclic amines) is 1. The van der Waals surface area contributed by atoms with Crippen LogP contribution in [0.15, 0.2) is 24.3 Å². The number of benzene rings is 1.